The molecule has 1 aliphatic heterocycles. The van der Waals surface area contributed by atoms with Gasteiger partial charge in [0.25, 0.3) is 0 Å². The summed E-state index contributed by atoms with van der Waals surface area (Å²) in [5, 5.41) is 12.4. The van der Waals surface area contributed by atoms with Crippen LogP contribution in [0, 0.1) is 0 Å². The molecule has 2 rings (SSSR count). The van der Waals surface area contributed by atoms with Crippen LogP contribution in [0.1, 0.15) is 18.0 Å². The van der Waals surface area contributed by atoms with Gasteiger partial charge in [-0.05, 0) is 30.2 Å². The quantitative estimate of drug-likeness (QED) is 0.685. The monoisotopic (exact) mass is 190 g/mol. The van der Waals surface area contributed by atoms with E-state index in [4.69, 9.17) is 5.11 Å². The van der Waals surface area contributed by atoms with Gasteiger partial charge in [-0.25, -0.2) is 0 Å². The highest BCUT2D eigenvalue weighted by atomic mass is 16.3. The molecule has 1 aromatic heterocycles. The van der Waals surface area contributed by atoms with Crippen molar-refractivity contribution in [1.82, 2.24) is 10.3 Å². The summed E-state index contributed by atoms with van der Waals surface area (Å²) in [6.07, 6.45) is 6.64. The second-order valence-corrected chi connectivity index (χ2v) is 3.45. The largest absolute Gasteiger partial charge is 0.392 e. The van der Waals surface area contributed by atoms with Crippen molar-refractivity contribution in [3.8, 4) is 0 Å². The zero-order valence-electron chi connectivity index (χ0n) is 7.98. The Morgan fingerprint density at radius 1 is 1.57 bits per heavy atom. The topological polar surface area (TPSA) is 45.2 Å². The van der Waals surface area contributed by atoms with Crippen LogP contribution in [-0.2, 0) is 0 Å². The summed E-state index contributed by atoms with van der Waals surface area (Å²) in [7, 11) is 0. The molecule has 74 valence electrons. The standard InChI is InChI=1S/C11H14N2O/c14-8-9-3-5-13-11(6-9)10-2-1-4-12-7-10/h1-2,4,6-7,11,13-14H,3,5,8H2/t11-/m0/s1. The van der Waals surface area contributed by atoms with Gasteiger partial charge in [-0.2, -0.15) is 0 Å². The molecule has 0 saturated heterocycles. The minimum absolute atomic E-state index is 0.165. The lowest BCUT2D eigenvalue weighted by Gasteiger charge is -2.21. The van der Waals surface area contributed by atoms with Gasteiger partial charge in [-0.15, -0.1) is 0 Å². The maximum absolute atomic E-state index is 9.04. The third kappa shape index (κ3) is 2.00. The van der Waals surface area contributed by atoms with Crippen LogP contribution in [0.25, 0.3) is 0 Å². The average Bonchev–Trinajstić information content (AvgIpc) is 2.30. The van der Waals surface area contributed by atoms with Gasteiger partial charge in [0.2, 0.25) is 0 Å². The number of pyridine rings is 1. The van der Waals surface area contributed by atoms with E-state index in [1.54, 1.807) is 6.20 Å². The Morgan fingerprint density at radius 3 is 3.21 bits per heavy atom. The summed E-state index contributed by atoms with van der Waals surface area (Å²) in [6.45, 7) is 1.09. The Bertz CT molecular complexity index is 321. The Labute approximate surface area is 83.5 Å². The zero-order chi connectivity index (χ0) is 9.80. The summed E-state index contributed by atoms with van der Waals surface area (Å²) >= 11 is 0. The van der Waals surface area contributed by atoms with Gasteiger partial charge in [-0.1, -0.05) is 12.1 Å². The van der Waals surface area contributed by atoms with Crippen molar-refractivity contribution in [2.75, 3.05) is 13.2 Å². The van der Waals surface area contributed by atoms with Crippen LogP contribution in [0.3, 0.4) is 0 Å². The molecule has 1 aromatic rings. The third-order valence-electron chi connectivity index (χ3n) is 2.46. The van der Waals surface area contributed by atoms with E-state index >= 15 is 0 Å². The number of aliphatic hydroxyl groups is 1. The summed E-state index contributed by atoms with van der Waals surface area (Å²) in [5.74, 6) is 0. The van der Waals surface area contributed by atoms with E-state index in [0.29, 0.717) is 0 Å². The number of nitrogens with one attached hydrogen (secondary N) is 1. The molecular weight excluding hydrogens is 176 g/mol. The second kappa shape index (κ2) is 4.35. The maximum Gasteiger partial charge on any atom is 0.0642 e. The van der Waals surface area contributed by atoms with Crippen LogP contribution in [0.15, 0.2) is 36.2 Å². The normalized spacial score (nSPS) is 21.8. The molecule has 3 nitrogen and oxygen atoms in total. The molecule has 0 spiro atoms. The van der Waals surface area contributed by atoms with Gasteiger partial charge in [0.1, 0.15) is 0 Å². The molecule has 0 saturated carbocycles. The summed E-state index contributed by atoms with van der Waals surface area (Å²) in [5.41, 5.74) is 2.26. The molecule has 0 aromatic carbocycles. The summed E-state index contributed by atoms with van der Waals surface area (Å²) in [4.78, 5) is 4.08. The van der Waals surface area contributed by atoms with E-state index in [0.717, 1.165) is 24.1 Å². The van der Waals surface area contributed by atoms with Crippen molar-refractivity contribution in [3.05, 3.63) is 41.7 Å². The lowest BCUT2D eigenvalue weighted by Crippen LogP contribution is -2.26. The van der Waals surface area contributed by atoms with Crippen LogP contribution < -0.4 is 5.32 Å². The second-order valence-electron chi connectivity index (χ2n) is 3.45. The number of nitrogens with zero attached hydrogens (tertiary/aromatic N) is 1. The smallest absolute Gasteiger partial charge is 0.0642 e. The number of aromatic nitrogens is 1. The van der Waals surface area contributed by atoms with Crippen LogP contribution in [0.5, 0.6) is 0 Å². The SMILES string of the molecule is OCC1=C[C@@H](c2cccnc2)NCC1. The van der Waals surface area contributed by atoms with E-state index in [1.165, 1.54) is 0 Å². The van der Waals surface area contributed by atoms with Gasteiger partial charge in [0.05, 0.1) is 12.6 Å². The van der Waals surface area contributed by atoms with E-state index in [9.17, 15) is 0 Å². The molecule has 0 aliphatic carbocycles. The fourth-order valence-corrected chi connectivity index (χ4v) is 1.67. The lowest BCUT2D eigenvalue weighted by molar-refractivity contribution is 0.321. The minimum Gasteiger partial charge on any atom is -0.392 e. The number of aliphatic hydroxyl groups excluding tert-OH is 1. The van der Waals surface area contributed by atoms with E-state index in [2.05, 4.69) is 16.4 Å². The molecule has 3 heteroatoms. The van der Waals surface area contributed by atoms with Gasteiger partial charge >= 0.3 is 0 Å². The average molecular weight is 190 g/mol. The molecule has 2 N–H and O–H groups in total. The van der Waals surface area contributed by atoms with Gasteiger partial charge in [0.15, 0.2) is 0 Å². The highest BCUT2D eigenvalue weighted by Gasteiger charge is 2.13. The predicted molar refractivity (Wildman–Crippen MR) is 54.8 cm³/mol. The predicted octanol–water partition coefficient (Wildman–Crippen LogP) is 1.03. The summed E-state index contributed by atoms with van der Waals surface area (Å²) in [6, 6.07) is 4.18. The lowest BCUT2D eigenvalue weighted by atomic mass is 10.0. The fraction of sp³-hybridized carbons (Fsp3) is 0.364. The molecule has 0 radical (unpaired) electrons. The van der Waals surface area contributed by atoms with E-state index < -0.39 is 0 Å². The van der Waals surface area contributed by atoms with Crippen molar-refractivity contribution in [2.24, 2.45) is 0 Å². The molecule has 14 heavy (non-hydrogen) atoms. The number of rotatable bonds is 2. The van der Waals surface area contributed by atoms with Crippen molar-refractivity contribution >= 4 is 0 Å². The first-order chi connectivity index (χ1) is 6.90. The first-order valence-corrected chi connectivity index (χ1v) is 4.84. The molecule has 0 bridgehead atoms. The Balaban J connectivity index is 2.19. The van der Waals surface area contributed by atoms with Crippen LogP contribution >= 0.6 is 0 Å². The van der Waals surface area contributed by atoms with Crippen molar-refractivity contribution < 1.29 is 5.11 Å². The molecule has 0 fully saturated rings. The first-order valence-electron chi connectivity index (χ1n) is 4.84. The van der Waals surface area contributed by atoms with Gasteiger partial charge in [0, 0.05) is 12.4 Å². The van der Waals surface area contributed by atoms with Gasteiger partial charge < -0.3 is 10.4 Å². The Morgan fingerprint density at radius 2 is 2.50 bits per heavy atom. The molecule has 0 amide bonds. The Kier molecular flexibility index (Phi) is 2.91. The van der Waals surface area contributed by atoms with Gasteiger partial charge in [-0.3, -0.25) is 4.98 Å². The minimum atomic E-state index is 0.165. The third-order valence-corrected chi connectivity index (χ3v) is 2.46. The highest BCUT2D eigenvalue weighted by Crippen LogP contribution is 2.19. The fourth-order valence-electron chi connectivity index (χ4n) is 1.67. The van der Waals surface area contributed by atoms with Crippen molar-refractivity contribution in [2.45, 2.75) is 12.5 Å². The van der Waals surface area contributed by atoms with Crippen LogP contribution in [0.2, 0.25) is 0 Å². The Hall–Kier alpha value is -1.19. The molecule has 2 heterocycles. The molecule has 1 atom stereocenters. The van der Waals surface area contributed by atoms with E-state index in [1.807, 2.05) is 18.3 Å². The molecular formula is C11H14N2O. The molecule has 1 aliphatic rings. The number of hydrogen-bond acceptors (Lipinski definition) is 3. The molecule has 0 unspecified atom stereocenters. The van der Waals surface area contributed by atoms with E-state index in [-0.39, 0.29) is 12.6 Å². The van der Waals surface area contributed by atoms with Crippen molar-refractivity contribution in [3.63, 3.8) is 0 Å². The van der Waals surface area contributed by atoms with Crippen LogP contribution in [0.4, 0.5) is 0 Å². The maximum atomic E-state index is 9.04. The highest BCUT2D eigenvalue weighted by molar-refractivity contribution is 5.24. The zero-order valence-corrected chi connectivity index (χ0v) is 7.98. The van der Waals surface area contributed by atoms with Crippen molar-refractivity contribution in [1.29, 1.82) is 0 Å². The van der Waals surface area contributed by atoms with Crippen LogP contribution in [-0.4, -0.2) is 23.2 Å². The summed E-state index contributed by atoms with van der Waals surface area (Å²) < 4.78 is 0. The number of hydrogen-bond donors (Lipinski definition) is 2. The first kappa shape index (κ1) is 9.37.